The third-order valence-electron chi connectivity index (χ3n) is 3.49. The highest BCUT2D eigenvalue weighted by molar-refractivity contribution is 7.10. The lowest BCUT2D eigenvalue weighted by atomic mass is 10.1. The van der Waals surface area contributed by atoms with Crippen LogP contribution in [0.15, 0.2) is 40.3 Å². The van der Waals surface area contributed by atoms with Crippen molar-refractivity contribution >= 4 is 11.3 Å². The molecule has 96 valence electrons. The third kappa shape index (κ3) is 2.85. The number of nitrogens with one attached hydrogen (secondary N) is 1. The average Bonchev–Trinajstić information content (AvgIpc) is 2.85. The van der Waals surface area contributed by atoms with Gasteiger partial charge in [-0.1, -0.05) is 6.07 Å². The number of thiophene rings is 1. The molecule has 0 aliphatic heterocycles. The van der Waals surface area contributed by atoms with Crippen molar-refractivity contribution in [1.82, 2.24) is 5.32 Å². The first-order chi connectivity index (χ1) is 8.83. The summed E-state index contributed by atoms with van der Waals surface area (Å²) in [6.45, 7) is 2.24. The number of hydrogen-bond acceptors (Lipinski definition) is 3. The number of rotatable bonds is 6. The molecule has 2 aromatic rings. The van der Waals surface area contributed by atoms with Crippen LogP contribution in [0.4, 0.5) is 0 Å². The standard InChI is InChI=1S/C15H19NOS/c1-11(10-13-4-2-8-17-13)16-15(12-6-7-12)14-5-3-9-18-14/h2-5,8-9,11-12,15-16H,6-7,10H2,1H3. The van der Waals surface area contributed by atoms with E-state index < -0.39 is 0 Å². The maximum absolute atomic E-state index is 5.42. The van der Waals surface area contributed by atoms with Crippen molar-refractivity contribution in [2.45, 2.75) is 38.3 Å². The van der Waals surface area contributed by atoms with E-state index in [2.05, 4.69) is 35.8 Å². The van der Waals surface area contributed by atoms with Gasteiger partial charge >= 0.3 is 0 Å². The normalized spacial score (nSPS) is 18.7. The van der Waals surface area contributed by atoms with E-state index in [1.165, 1.54) is 17.7 Å². The molecule has 2 aromatic heterocycles. The first kappa shape index (κ1) is 12.0. The van der Waals surface area contributed by atoms with Crippen molar-refractivity contribution in [3.8, 4) is 0 Å². The summed E-state index contributed by atoms with van der Waals surface area (Å²) in [5.41, 5.74) is 0. The van der Waals surface area contributed by atoms with Crippen LogP contribution < -0.4 is 5.32 Å². The van der Waals surface area contributed by atoms with Crippen LogP contribution in [0.25, 0.3) is 0 Å². The van der Waals surface area contributed by atoms with E-state index in [4.69, 9.17) is 4.42 Å². The maximum atomic E-state index is 5.42. The molecule has 0 saturated heterocycles. The highest BCUT2D eigenvalue weighted by Gasteiger charge is 2.33. The second-order valence-corrected chi connectivity index (χ2v) is 6.16. The highest BCUT2D eigenvalue weighted by Crippen LogP contribution is 2.42. The van der Waals surface area contributed by atoms with Gasteiger partial charge in [0.15, 0.2) is 0 Å². The highest BCUT2D eigenvalue weighted by atomic mass is 32.1. The van der Waals surface area contributed by atoms with Gasteiger partial charge in [-0.05, 0) is 49.3 Å². The Morgan fingerprint density at radius 3 is 2.89 bits per heavy atom. The predicted molar refractivity (Wildman–Crippen MR) is 74.8 cm³/mol. The van der Waals surface area contributed by atoms with Gasteiger partial charge in [0.1, 0.15) is 5.76 Å². The van der Waals surface area contributed by atoms with Crippen molar-refractivity contribution in [1.29, 1.82) is 0 Å². The van der Waals surface area contributed by atoms with Crippen LogP contribution in [0.2, 0.25) is 0 Å². The lowest BCUT2D eigenvalue weighted by molar-refractivity contribution is 0.396. The van der Waals surface area contributed by atoms with Crippen molar-refractivity contribution in [2.24, 2.45) is 5.92 Å². The maximum Gasteiger partial charge on any atom is 0.105 e. The Labute approximate surface area is 112 Å². The molecular weight excluding hydrogens is 242 g/mol. The van der Waals surface area contributed by atoms with Gasteiger partial charge in [0, 0.05) is 23.4 Å². The molecule has 2 nitrogen and oxygen atoms in total. The van der Waals surface area contributed by atoms with Crippen LogP contribution in [0, 0.1) is 5.92 Å². The fraction of sp³-hybridized carbons (Fsp3) is 0.467. The molecule has 0 amide bonds. The molecule has 18 heavy (non-hydrogen) atoms. The minimum Gasteiger partial charge on any atom is -0.469 e. The van der Waals surface area contributed by atoms with E-state index in [9.17, 15) is 0 Å². The summed E-state index contributed by atoms with van der Waals surface area (Å²) >= 11 is 1.86. The van der Waals surface area contributed by atoms with E-state index in [-0.39, 0.29) is 0 Å². The summed E-state index contributed by atoms with van der Waals surface area (Å²) in [6.07, 6.45) is 5.44. The largest absolute Gasteiger partial charge is 0.469 e. The van der Waals surface area contributed by atoms with E-state index in [1.807, 2.05) is 17.4 Å². The Hall–Kier alpha value is -1.06. The molecule has 1 N–H and O–H groups in total. The van der Waals surface area contributed by atoms with Gasteiger partial charge in [-0.3, -0.25) is 0 Å². The monoisotopic (exact) mass is 261 g/mol. The summed E-state index contributed by atoms with van der Waals surface area (Å²) in [5, 5.41) is 5.94. The average molecular weight is 261 g/mol. The minimum absolute atomic E-state index is 0.448. The van der Waals surface area contributed by atoms with Crippen LogP contribution in [0.3, 0.4) is 0 Å². The van der Waals surface area contributed by atoms with Crippen LogP contribution in [0.5, 0.6) is 0 Å². The van der Waals surface area contributed by atoms with Gasteiger partial charge in [0.05, 0.1) is 6.26 Å². The van der Waals surface area contributed by atoms with Crippen LogP contribution in [-0.4, -0.2) is 6.04 Å². The second kappa shape index (κ2) is 5.29. The molecule has 0 spiro atoms. The van der Waals surface area contributed by atoms with E-state index in [0.29, 0.717) is 12.1 Å². The third-order valence-corrected chi connectivity index (χ3v) is 4.45. The minimum atomic E-state index is 0.448. The molecule has 1 saturated carbocycles. The van der Waals surface area contributed by atoms with Gasteiger partial charge in [0.2, 0.25) is 0 Å². The van der Waals surface area contributed by atoms with Crippen molar-refractivity contribution < 1.29 is 4.42 Å². The zero-order valence-electron chi connectivity index (χ0n) is 10.6. The summed E-state index contributed by atoms with van der Waals surface area (Å²) in [7, 11) is 0. The zero-order chi connectivity index (χ0) is 12.4. The summed E-state index contributed by atoms with van der Waals surface area (Å²) in [6, 6.07) is 9.39. The molecular formula is C15H19NOS. The molecule has 0 aromatic carbocycles. The van der Waals surface area contributed by atoms with Crippen LogP contribution in [0.1, 0.15) is 36.4 Å². The molecule has 1 aliphatic carbocycles. The van der Waals surface area contributed by atoms with Crippen LogP contribution in [-0.2, 0) is 6.42 Å². The molecule has 2 atom stereocenters. The summed E-state index contributed by atoms with van der Waals surface area (Å²) in [5.74, 6) is 1.90. The number of furan rings is 1. The Morgan fingerprint density at radius 1 is 1.39 bits per heavy atom. The Kier molecular flexibility index (Phi) is 3.52. The van der Waals surface area contributed by atoms with Gasteiger partial charge in [-0.15, -0.1) is 11.3 Å². The first-order valence-electron chi connectivity index (χ1n) is 6.65. The second-order valence-electron chi connectivity index (χ2n) is 5.18. The summed E-state index contributed by atoms with van der Waals surface area (Å²) < 4.78 is 5.42. The summed E-state index contributed by atoms with van der Waals surface area (Å²) in [4.78, 5) is 1.48. The predicted octanol–water partition coefficient (Wildman–Crippen LogP) is 4.01. The SMILES string of the molecule is CC(Cc1ccco1)NC(c1cccs1)C1CC1. The fourth-order valence-electron chi connectivity index (χ4n) is 2.44. The lowest BCUT2D eigenvalue weighted by Crippen LogP contribution is -2.32. The van der Waals surface area contributed by atoms with Crippen molar-refractivity contribution in [3.63, 3.8) is 0 Å². The van der Waals surface area contributed by atoms with Crippen LogP contribution >= 0.6 is 11.3 Å². The topological polar surface area (TPSA) is 25.2 Å². The molecule has 0 bridgehead atoms. The first-order valence-corrected chi connectivity index (χ1v) is 7.52. The van der Waals surface area contributed by atoms with Crippen molar-refractivity contribution in [2.75, 3.05) is 0 Å². The number of hydrogen-bond donors (Lipinski definition) is 1. The van der Waals surface area contributed by atoms with Gasteiger partial charge in [-0.2, -0.15) is 0 Å². The van der Waals surface area contributed by atoms with E-state index in [0.717, 1.165) is 18.1 Å². The molecule has 1 aliphatic rings. The van der Waals surface area contributed by atoms with Gasteiger partial charge in [0.25, 0.3) is 0 Å². The van der Waals surface area contributed by atoms with E-state index in [1.54, 1.807) is 6.26 Å². The molecule has 1 fully saturated rings. The molecule has 3 heteroatoms. The molecule has 0 radical (unpaired) electrons. The van der Waals surface area contributed by atoms with Crippen molar-refractivity contribution in [3.05, 3.63) is 46.5 Å². The van der Waals surface area contributed by atoms with Gasteiger partial charge in [-0.25, -0.2) is 0 Å². The Morgan fingerprint density at radius 2 is 2.28 bits per heavy atom. The quantitative estimate of drug-likeness (QED) is 0.850. The van der Waals surface area contributed by atoms with E-state index >= 15 is 0 Å². The molecule has 3 rings (SSSR count). The molecule has 2 unspecified atom stereocenters. The lowest BCUT2D eigenvalue weighted by Gasteiger charge is -2.21. The zero-order valence-corrected chi connectivity index (χ0v) is 11.5. The Balaban J connectivity index is 1.62. The van der Waals surface area contributed by atoms with Gasteiger partial charge < -0.3 is 9.73 Å². The Bertz CT molecular complexity index is 459. The smallest absolute Gasteiger partial charge is 0.105 e. The fourth-order valence-corrected chi connectivity index (χ4v) is 3.32. The molecule has 2 heterocycles.